The monoisotopic (exact) mass is 719 g/mol. The number of benzene rings is 1. The molecule has 12 heteroatoms. The van der Waals surface area contributed by atoms with Crippen LogP contribution in [0.15, 0.2) is 48.6 Å². The van der Waals surface area contributed by atoms with E-state index in [0.717, 1.165) is 56.3 Å². The van der Waals surface area contributed by atoms with Crippen molar-refractivity contribution in [2.75, 3.05) is 58.9 Å². The number of carbonyl (C=O) groups is 4. The summed E-state index contributed by atoms with van der Waals surface area (Å²) in [5.74, 6) is 0.343. The highest BCUT2D eigenvalue weighted by Crippen LogP contribution is 2.33. The van der Waals surface area contributed by atoms with Crippen LogP contribution in [0.4, 0.5) is 9.59 Å². The van der Waals surface area contributed by atoms with Crippen molar-refractivity contribution in [3.63, 3.8) is 0 Å². The van der Waals surface area contributed by atoms with E-state index in [0.29, 0.717) is 81.6 Å². The van der Waals surface area contributed by atoms with Crippen molar-refractivity contribution in [2.45, 2.75) is 83.8 Å². The maximum Gasteiger partial charge on any atom is 0.410 e. The molecule has 12 nitrogen and oxygen atoms in total. The fourth-order valence-corrected chi connectivity index (χ4v) is 8.32. The van der Waals surface area contributed by atoms with Gasteiger partial charge in [0.15, 0.2) is 6.10 Å². The number of likely N-dealkylation sites (tertiary alicyclic amines) is 3. The Balaban J connectivity index is 1.17. The molecule has 0 radical (unpaired) electrons. The molecule has 4 saturated heterocycles. The van der Waals surface area contributed by atoms with Gasteiger partial charge in [-0.05, 0) is 106 Å². The van der Waals surface area contributed by atoms with Gasteiger partial charge in [0, 0.05) is 58.3 Å². The average Bonchev–Trinajstić information content (AvgIpc) is 3.33. The van der Waals surface area contributed by atoms with Gasteiger partial charge in [-0.15, -0.1) is 0 Å². The molecule has 52 heavy (non-hydrogen) atoms. The molecule has 4 heterocycles. The van der Waals surface area contributed by atoms with E-state index in [-0.39, 0.29) is 36.6 Å². The van der Waals surface area contributed by atoms with Crippen LogP contribution < -0.4 is 5.32 Å². The normalized spacial score (nSPS) is 21.6. The maximum absolute atomic E-state index is 14.1. The molecule has 3 N–H and O–H groups in total. The smallest absolute Gasteiger partial charge is 0.410 e. The molecule has 4 aliphatic rings. The second-order valence-electron chi connectivity index (χ2n) is 14.9. The first-order chi connectivity index (χ1) is 25.0. The number of nitrogens with one attached hydrogen (secondary N) is 1. The largest absolute Gasteiger partial charge is 0.507 e. The molecule has 1 aromatic rings. The topological polar surface area (TPSA) is 143 Å². The van der Waals surface area contributed by atoms with Gasteiger partial charge in [-0.1, -0.05) is 43.0 Å². The Morgan fingerprint density at radius 3 is 2.15 bits per heavy atom. The van der Waals surface area contributed by atoms with Crippen LogP contribution in [0.5, 0.6) is 5.75 Å². The minimum Gasteiger partial charge on any atom is -0.507 e. The highest BCUT2D eigenvalue weighted by molar-refractivity contribution is 5.84. The van der Waals surface area contributed by atoms with Crippen molar-refractivity contribution in [3.8, 4) is 5.75 Å². The molecule has 0 aliphatic carbocycles. The number of hydrogen-bond acceptors (Lipinski definition) is 7. The summed E-state index contributed by atoms with van der Waals surface area (Å²) < 4.78 is 6.07. The summed E-state index contributed by atoms with van der Waals surface area (Å²) in [7, 11) is 0. The van der Waals surface area contributed by atoms with Gasteiger partial charge in [0.25, 0.3) is 5.91 Å². The molecular weight excluding hydrogens is 662 g/mol. The molecule has 284 valence electrons. The average molecular weight is 720 g/mol. The van der Waals surface area contributed by atoms with Crippen molar-refractivity contribution in [3.05, 3.63) is 65.3 Å². The number of amides is 4. The third-order valence-electron chi connectivity index (χ3n) is 11.4. The van der Waals surface area contributed by atoms with E-state index >= 15 is 0 Å². The van der Waals surface area contributed by atoms with E-state index < -0.39 is 18.2 Å². The van der Waals surface area contributed by atoms with Gasteiger partial charge in [-0.2, -0.15) is 0 Å². The number of aromatic hydroxyl groups is 1. The van der Waals surface area contributed by atoms with Crippen LogP contribution in [0.1, 0.15) is 68.1 Å². The van der Waals surface area contributed by atoms with Gasteiger partial charge < -0.3 is 39.9 Å². The number of ether oxygens (including phenoxy) is 1. The lowest BCUT2D eigenvalue weighted by Crippen LogP contribution is -2.52. The summed E-state index contributed by atoms with van der Waals surface area (Å²) in [6.45, 7) is 12.9. The third-order valence-corrected chi connectivity index (χ3v) is 11.4. The third kappa shape index (κ3) is 10.4. The Hall–Kier alpha value is -4.32. The zero-order chi connectivity index (χ0) is 37.2. The highest BCUT2D eigenvalue weighted by atomic mass is 16.6. The van der Waals surface area contributed by atoms with Crippen LogP contribution in [0.25, 0.3) is 0 Å². The molecule has 4 aliphatic heterocycles. The number of aryl methyl sites for hydroxylation is 2. The predicted molar refractivity (Wildman–Crippen MR) is 199 cm³/mol. The molecule has 0 bridgehead atoms. The number of carboxylic acid groups (broad SMARTS) is 1. The number of carboxylic acids is 1. The number of urea groups is 1. The number of aliphatic carboxylic acids is 1. The van der Waals surface area contributed by atoms with Gasteiger partial charge in [-0.3, -0.25) is 9.59 Å². The molecule has 0 spiro atoms. The lowest BCUT2D eigenvalue weighted by Gasteiger charge is -2.41. The molecule has 0 unspecified atom stereocenters. The van der Waals surface area contributed by atoms with E-state index in [2.05, 4.69) is 16.8 Å². The Bertz CT molecular complexity index is 1480. The molecule has 4 amide bonds. The lowest BCUT2D eigenvalue weighted by atomic mass is 9.78. The number of carbonyl (C=O) groups excluding carboxylic acids is 3. The number of phenols is 1. The standard InChI is InChI=1S/C40H57N5O7/c1-4-5-6-7-30-8-23-45(39(50)41-27-30)34-13-21-44(22-14-34)40(51)52-35(26-31-24-28(2)37(48)29(3)25-31)38(49)43-19-11-33(12-20-43)32-9-16-42(17-10-32)18-15-36(46)47/h4-7,24-25,32-35,48H,1,8-23,26-27H2,2-3H3,(H,41,50)(H,46,47)/b6-5-,30-7-/t35-/m1/s1. The fourth-order valence-electron chi connectivity index (χ4n) is 8.32. The van der Waals surface area contributed by atoms with E-state index in [1.807, 2.05) is 54.0 Å². The SMILES string of the molecule is C=C/C=C\C=C1\CCN(C2CCN(C(=O)O[C@H](Cc3cc(C)c(O)c(C)c3)C(=O)N3CCC(C4CCN(CCC(=O)O)CC4)CC3)CC2)C(=O)NC1. The highest BCUT2D eigenvalue weighted by Gasteiger charge is 2.37. The van der Waals surface area contributed by atoms with Gasteiger partial charge in [0.2, 0.25) is 0 Å². The van der Waals surface area contributed by atoms with Crippen molar-refractivity contribution in [2.24, 2.45) is 11.8 Å². The van der Waals surface area contributed by atoms with Crippen LogP contribution in [-0.2, 0) is 20.7 Å². The number of phenolic OH excluding ortho intramolecular Hbond substituents is 1. The molecule has 0 saturated carbocycles. The zero-order valence-corrected chi connectivity index (χ0v) is 30.9. The van der Waals surface area contributed by atoms with Crippen molar-refractivity contribution in [1.29, 1.82) is 0 Å². The van der Waals surface area contributed by atoms with Crippen LogP contribution in [0, 0.1) is 25.7 Å². The van der Waals surface area contributed by atoms with Gasteiger partial charge in [0.05, 0.1) is 6.42 Å². The van der Waals surface area contributed by atoms with E-state index in [1.54, 1.807) is 11.0 Å². The maximum atomic E-state index is 14.1. The van der Waals surface area contributed by atoms with Crippen molar-refractivity contribution >= 4 is 24.0 Å². The summed E-state index contributed by atoms with van der Waals surface area (Å²) >= 11 is 0. The second-order valence-corrected chi connectivity index (χ2v) is 14.9. The summed E-state index contributed by atoms with van der Waals surface area (Å²) in [6, 6.07) is 3.61. The van der Waals surface area contributed by atoms with E-state index in [4.69, 9.17) is 9.84 Å². The molecule has 1 atom stereocenters. The Morgan fingerprint density at radius 2 is 1.54 bits per heavy atom. The van der Waals surface area contributed by atoms with Gasteiger partial charge >= 0.3 is 18.1 Å². The number of allylic oxidation sites excluding steroid dienone is 4. The molecular formula is C40H57N5O7. The fraction of sp³-hybridized carbons (Fsp3) is 0.600. The van der Waals surface area contributed by atoms with E-state index in [1.165, 1.54) is 0 Å². The molecule has 1 aromatic carbocycles. The summed E-state index contributed by atoms with van der Waals surface area (Å²) in [5.41, 5.74) is 3.38. The molecule has 4 fully saturated rings. The van der Waals surface area contributed by atoms with E-state index in [9.17, 15) is 24.3 Å². The number of nitrogens with zero attached hydrogens (tertiary/aromatic N) is 4. The minimum absolute atomic E-state index is 0.00534. The number of rotatable bonds is 11. The first-order valence-electron chi connectivity index (χ1n) is 19.0. The first-order valence-corrected chi connectivity index (χ1v) is 19.0. The van der Waals surface area contributed by atoms with Crippen molar-refractivity contribution < 1.29 is 34.1 Å². The first kappa shape index (κ1) is 38.9. The van der Waals surface area contributed by atoms with Gasteiger partial charge in [-0.25, -0.2) is 9.59 Å². The molecule has 0 aromatic heterocycles. The Kier molecular flexibility index (Phi) is 13.8. The quantitative estimate of drug-likeness (QED) is 0.271. The van der Waals surface area contributed by atoms with Crippen LogP contribution in [0.2, 0.25) is 0 Å². The van der Waals surface area contributed by atoms with Crippen LogP contribution in [0.3, 0.4) is 0 Å². The molecule has 5 rings (SSSR count). The van der Waals surface area contributed by atoms with Crippen molar-refractivity contribution in [1.82, 2.24) is 24.9 Å². The zero-order valence-electron chi connectivity index (χ0n) is 30.9. The Labute approximate surface area is 308 Å². The predicted octanol–water partition coefficient (Wildman–Crippen LogP) is 5.03. The second kappa shape index (κ2) is 18.4. The summed E-state index contributed by atoms with van der Waals surface area (Å²) in [4.78, 5) is 59.3. The summed E-state index contributed by atoms with van der Waals surface area (Å²) in [6.07, 6.45) is 12.3. The number of piperidine rings is 3. The summed E-state index contributed by atoms with van der Waals surface area (Å²) in [5, 5.41) is 22.4. The number of hydrogen-bond donors (Lipinski definition) is 3. The Morgan fingerprint density at radius 1 is 0.923 bits per heavy atom. The van der Waals surface area contributed by atoms with Crippen LogP contribution in [-0.4, -0.2) is 125 Å². The minimum atomic E-state index is -1.00. The lowest BCUT2D eigenvalue weighted by molar-refractivity contribution is -0.143. The van der Waals surface area contributed by atoms with Gasteiger partial charge in [0.1, 0.15) is 5.75 Å². The van der Waals surface area contributed by atoms with Crippen LogP contribution >= 0.6 is 0 Å².